The first-order valence-corrected chi connectivity index (χ1v) is 7.54. The number of carbonyl (C=O) groups is 1. The predicted octanol–water partition coefficient (Wildman–Crippen LogP) is 4.32. The van der Waals surface area contributed by atoms with Crippen LogP contribution in [0.2, 0.25) is 0 Å². The van der Waals surface area contributed by atoms with Gasteiger partial charge in [0.25, 0.3) is 0 Å². The Balaban J connectivity index is 1.94. The molecule has 0 aromatic carbocycles. The van der Waals surface area contributed by atoms with Crippen LogP contribution in [0.5, 0.6) is 0 Å². The van der Waals surface area contributed by atoms with Crippen LogP contribution in [0.25, 0.3) is 0 Å². The molecule has 0 amide bonds. The van der Waals surface area contributed by atoms with E-state index in [2.05, 4.69) is 27.7 Å². The lowest BCUT2D eigenvalue weighted by Crippen LogP contribution is -2.35. The lowest BCUT2D eigenvalue weighted by Gasteiger charge is -2.44. The van der Waals surface area contributed by atoms with E-state index in [1.165, 1.54) is 25.7 Å². The van der Waals surface area contributed by atoms with E-state index in [-0.39, 0.29) is 11.6 Å². The molecular formula is C16H28O2. The van der Waals surface area contributed by atoms with E-state index < -0.39 is 0 Å². The van der Waals surface area contributed by atoms with Crippen LogP contribution in [0.1, 0.15) is 72.6 Å². The molecule has 2 rings (SSSR count). The molecule has 3 unspecified atom stereocenters. The minimum atomic E-state index is -0.176. The zero-order valence-electron chi connectivity index (χ0n) is 12.4. The molecule has 3 atom stereocenters. The van der Waals surface area contributed by atoms with Gasteiger partial charge in [0.15, 0.2) is 0 Å². The molecule has 2 aliphatic rings. The van der Waals surface area contributed by atoms with Crippen LogP contribution in [0.4, 0.5) is 0 Å². The predicted molar refractivity (Wildman–Crippen MR) is 73.3 cm³/mol. The average molecular weight is 252 g/mol. The molecule has 104 valence electrons. The second-order valence-electron chi connectivity index (χ2n) is 7.43. The van der Waals surface area contributed by atoms with Gasteiger partial charge in [0, 0.05) is 6.42 Å². The minimum Gasteiger partial charge on any atom is -0.459 e. The van der Waals surface area contributed by atoms with Crippen LogP contribution >= 0.6 is 0 Å². The number of rotatable bonds is 3. The summed E-state index contributed by atoms with van der Waals surface area (Å²) in [5.41, 5.74) is 0.279. The average Bonchev–Trinajstić information content (AvgIpc) is 2.57. The van der Waals surface area contributed by atoms with Gasteiger partial charge < -0.3 is 4.74 Å². The fourth-order valence-corrected chi connectivity index (χ4v) is 4.09. The van der Waals surface area contributed by atoms with Crippen LogP contribution in [-0.2, 0) is 9.53 Å². The van der Waals surface area contributed by atoms with Gasteiger partial charge in [-0.2, -0.15) is 0 Å². The Morgan fingerprint density at radius 1 is 1.28 bits per heavy atom. The number of ether oxygens (including phenoxy) is 1. The largest absolute Gasteiger partial charge is 0.459 e. The molecule has 1 aliphatic heterocycles. The van der Waals surface area contributed by atoms with Crippen molar-refractivity contribution in [1.29, 1.82) is 0 Å². The van der Waals surface area contributed by atoms with E-state index >= 15 is 0 Å². The third-order valence-electron chi connectivity index (χ3n) is 5.37. The molecular weight excluding hydrogens is 224 g/mol. The van der Waals surface area contributed by atoms with E-state index in [1.54, 1.807) is 0 Å². The van der Waals surface area contributed by atoms with Crippen LogP contribution in [-0.4, -0.2) is 11.6 Å². The van der Waals surface area contributed by atoms with Gasteiger partial charge in [-0.25, -0.2) is 0 Å². The molecule has 0 N–H and O–H groups in total. The minimum absolute atomic E-state index is 0.00606. The topological polar surface area (TPSA) is 26.3 Å². The number of esters is 1. The second-order valence-corrected chi connectivity index (χ2v) is 7.43. The molecule has 1 saturated heterocycles. The lowest BCUT2D eigenvalue weighted by atomic mass is 9.62. The Labute approximate surface area is 111 Å². The van der Waals surface area contributed by atoms with Crippen molar-refractivity contribution in [2.45, 2.75) is 78.2 Å². The summed E-state index contributed by atoms with van der Waals surface area (Å²) in [6.45, 7) is 9.33. The van der Waals surface area contributed by atoms with Crippen molar-refractivity contribution in [1.82, 2.24) is 0 Å². The summed E-state index contributed by atoms with van der Waals surface area (Å²) in [5, 5.41) is 0. The Morgan fingerprint density at radius 3 is 2.56 bits per heavy atom. The van der Waals surface area contributed by atoms with Gasteiger partial charge in [0.1, 0.15) is 5.60 Å². The van der Waals surface area contributed by atoms with E-state index in [4.69, 9.17) is 4.74 Å². The molecule has 2 heteroatoms. The molecule has 0 aromatic heterocycles. The summed E-state index contributed by atoms with van der Waals surface area (Å²) in [6, 6.07) is 0. The van der Waals surface area contributed by atoms with Crippen molar-refractivity contribution < 1.29 is 9.53 Å². The van der Waals surface area contributed by atoms with Crippen LogP contribution in [0.3, 0.4) is 0 Å². The molecule has 2 nitrogen and oxygen atoms in total. The van der Waals surface area contributed by atoms with Gasteiger partial charge in [0.2, 0.25) is 0 Å². The maximum atomic E-state index is 11.3. The van der Waals surface area contributed by atoms with Gasteiger partial charge in [-0.05, 0) is 49.9 Å². The Kier molecular flexibility index (Phi) is 3.75. The smallest absolute Gasteiger partial charge is 0.306 e. The van der Waals surface area contributed by atoms with Crippen molar-refractivity contribution >= 4 is 5.97 Å². The van der Waals surface area contributed by atoms with Crippen LogP contribution in [0, 0.1) is 17.3 Å². The van der Waals surface area contributed by atoms with Gasteiger partial charge in [0.05, 0.1) is 0 Å². The van der Waals surface area contributed by atoms with E-state index in [0.717, 1.165) is 24.7 Å². The number of cyclic esters (lactones) is 1. The van der Waals surface area contributed by atoms with Crippen molar-refractivity contribution in [3.05, 3.63) is 0 Å². The maximum absolute atomic E-state index is 11.3. The van der Waals surface area contributed by atoms with E-state index in [9.17, 15) is 4.79 Å². The summed E-state index contributed by atoms with van der Waals surface area (Å²) in [6.07, 6.45) is 7.85. The van der Waals surface area contributed by atoms with Crippen molar-refractivity contribution in [2.24, 2.45) is 17.3 Å². The number of hydrogen-bond acceptors (Lipinski definition) is 2. The Morgan fingerprint density at radius 2 is 2.00 bits per heavy atom. The molecule has 2 fully saturated rings. The zero-order chi connectivity index (χ0) is 13.4. The van der Waals surface area contributed by atoms with Crippen molar-refractivity contribution in [3.63, 3.8) is 0 Å². The molecule has 1 saturated carbocycles. The third kappa shape index (κ3) is 2.89. The normalized spacial score (nSPS) is 39.7. The molecule has 0 radical (unpaired) electrons. The SMILES string of the molecule is CC1CCCC(C)(C)C1CCC1(C)CCC(=O)O1. The quantitative estimate of drug-likeness (QED) is 0.699. The molecule has 18 heavy (non-hydrogen) atoms. The second kappa shape index (κ2) is 4.86. The first-order chi connectivity index (χ1) is 8.32. The summed E-state index contributed by atoms with van der Waals surface area (Å²) in [4.78, 5) is 11.3. The summed E-state index contributed by atoms with van der Waals surface area (Å²) in [5.74, 6) is 1.59. The van der Waals surface area contributed by atoms with Crippen LogP contribution in [0.15, 0.2) is 0 Å². The highest BCUT2D eigenvalue weighted by Crippen LogP contribution is 2.47. The highest BCUT2D eigenvalue weighted by molar-refractivity contribution is 5.72. The Bertz CT molecular complexity index is 321. The van der Waals surface area contributed by atoms with Gasteiger partial charge in [-0.3, -0.25) is 4.79 Å². The fourth-order valence-electron chi connectivity index (χ4n) is 4.09. The first kappa shape index (κ1) is 13.9. The molecule has 0 aromatic rings. The monoisotopic (exact) mass is 252 g/mol. The highest BCUT2D eigenvalue weighted by Gasteiger charge is 2.40. The summed E-state index contributed by atoms with van der Waals surface area (Å²) < 4.78 is 5.50. The summed E-state index contributed by atoms with van der Waals surface area (Å²) in [7, 11) is 0. The highest BCUT2D eigenvalue weighted by atomic mass is 16.6. The Hall–Kier alpha value is -0.530. The van der Waals surface area contributed by atoms with E-state index in [1.807, 2.05) is 0 Å². The lowest BCUT2D eigenvalue weighted by molar-refractivity contribution is -0.148. The number of carbonyl (C=O) groups excluding carboxylic acids is 1. The maximum Gasteiger partial charge on any atom is 0.306 e. The standard InChI is InChI=1S/C16H28O2/c1-12-6-5-9-15(2,3)13(12)7-10-16(4)11-8-14(17)18-16/h12-13H,5-11H2,1-4H3. The van der Waals surface area contributed by atoms with E-state index in [0.29, 0.717) is 11.8 Å². The fraction of sp³-hybridized carbons (Fsp3) is 0.938. The summed E-state index contributed by atoms with van der Waals surface area (Å²) >= 11 is 0. The van der Waals surface area contributed by atoms with Crippen molar-refractivity contribution in [2.75, 3.05) is 0 Å². The zero-order valence-corrected chi connectivity index (χ0v) is 12.4. The van der Waals surface area contributed by atoms with Crippen molar-refractivity contribution in [3.8, 4) is 0 Å². The molecule has 1 heterocycles. The molecule has 0 bridgehead atoms. The first-order valence-electron chi connectivity index (χ1n) is 7.54. The number of hydrogen-bond donors (Lipinski definition) is 0. The third-order valence-corrected chi connectivity index (χ3v) is 5.37. The van der Waals surface area contributed by atoms with Gasteiger partial charge in [-0.15, -0.1) is 0 Å². The molecule has 1 aliphatic carbocycles. The van der Waals surface area contributed by atoms with Gasteiger partial charge >= 0.3 is 5.97 Å². The molecule has 0 spiro atoms. The van der Waals surface area contributed by atoms with Crippen LogP contribution < -0.4 is 0 Å². The van der Waals surface area contributed by atoms with Gasteiger partial charge in [-0.1, -0.05) is 33.6 Å².